The van der Waals surface area contributed by atoms with Gasteiger partial charge in [-0.25, -0.2) is 9.97 Å². The molecule has 0 saturated carbocycles. The molecule has 0 radical (unpaired) electrons. The van der Waals surface area contributed by atoms with Crippen molar-refractivity contribution in [3.63, 3.8) is 0 Å². The molecule has 0 fully saturated rings. The second-order valence-corrected chi connectivity index (χ2v) is 6.49. The molecule has 3 aromatic rings. The molecule has 26 heavy (non-hydrogen) atoms. The van der Waals surface area contributed by atoms with Crippen molar-refractivity contribution in [2.24, 2.45) is 0 Å². The number of nitrogens with one attached hydrogen (secondary N) is 2. The number of amides is 1. The van der Waals surface area contributed by atoms with Gasteiger partial charge in [0.05, 0.1) is 11.3 Å². The Bertz CT molecular complexity index is 952. The van der Waals surface area contributed by atoms with Crippen molar-refractivity contribution >= 4 is 34.8 Å². The van der Waals surface area contributed by atoms with Crippen molar-refractivity contribution in [3.05, 3.63) is 76.1 Å². The largest absolute Gasteiger partial charge is 0.323 e. The smallest absolute Gasteiger partial charge is 0.257 e. The lowest BCUT2D eigenvalue weighted by Crippen LogP contribution is -2.15. The molecule has 1 heterocycles. The summed E-state index contributed by atoms with van der Waals surface area (Å²) in [6.45, 7) is 5.72. The van der Waals surface area contributed by atoms with Crippen molar-refractivity contribution in [1.82, 2.24) is 9.97 Å². The lowest BCUT2D eigenvalue weighted by molar-refractivity contribution is 0.102. The standard InChI is InChI=1S/C20H19ClN4O/c1-12-8-9-15(21)11-18(12)24-19(26)16-6-4-5-7-17(16)25-20-22-13(2)10-14(3)23-20/h4-11H,1-3H3,(H,24,26)(H,22,23,25). The quantitative estimate of drug-likeness (QED) is 0.678. The van der Waals surface area contributed by atoms with Gasteiger partial charge in [0.2, 0.25) is 5.95 Å². The molecule has 5 nitrogen and oxygen atoms in total. The molecule has 2 N–H and O–H groups in total. The third-order valence-electron chi connectivity index (χ3n) is 3.85. The number of hydrogen-bond donors (Lipinski definition) is 2. The molecular formula is C20H19ClN4O. The number of para-hydroxylation sites is 1. The molecule has 0 aliphatic rings. The van der Waals surface area contributed by atoms with E-state index < -0.39 is 0 Å². The number of benzene rings is 2. The fraction of sp³-hybridized carbons (Fsp3) is 0.150. The molecule has 0 aliphatic carbocycles. The number of rotatable bonds is 4. The second kappa shape index (κ2) is 7.54. The number of aromatic nitrogens is 2. The lowest BCUT2D eigenvalue weighted by atomic mass is 10.1. The molecule has 132 valence electrons. The maximum absolute atomic E-state index is 12.8. The van der Waals surface area contributed by atoms with Crippen LogP contribution in [0.4, 0.5) is 17.3 Å². The summed E-state index contributed by atoms with van der Waals surface area (Å²) in [5, 5.41) is 6.62. The van der Waals surface area contributed by atoms with Crippen LogP contribution in [0.2, 0.25) is 5.02 Å². The van der Waals surface area contributed by atoms with Crippen molar-refractivity contribution in [3.8, 4) is 0 Å². The van der Waals surface area contributed by atoms with Gasteiger partial charge in [0.25, 0.3) is 5.91 Å². The highest BCUT2D eigenvalue weighted by molar-refractivity contribution is 6.31. The van der Waals surface area contributed by atoms with Crippen LogP contribution >= 0.6 is 11.6 Å². The normalized spacial score (nSPS) is 10.5. The van der Waals surface area contributed by atoms with E-state index in [1.807, 2.05) is 51.1 Å². The molecule has 0 atom stereocenters. The Balaban J connectivity index is 1.88. The summed E-state index contributed by atoms with van der Waals surface area (Å²) in [6.07, 6.45) is 0. The Morgan fingerprint density at radius 3 is 2.35 bits per heavy atom. The topological polar surface area (TPSA) is 66.9 Å². The van der Waals surface area contributed by atoms with Crippen molar-refractivity contribution < 1.29 is 4.79 Å². The first-order valence-corrected chi connectivity index (χ1v) is 8.56. The van der Waals surface area contributed by atoms with Gasteiger partial charge < -0.3 is 10.6 Å². The van der Waals surface area contributed by atoms with E-state index in [0.717, 1.165) is 17.0 Å². The van der Waals surface area contributed by atoms with Gasteiger partial charge in [-0.1, -0.05) is 29.8 Å². The summed E-state index contributed by atoms with van der Waals surface area (Å²) in [7, 11) is 0. The van der Waals surface area contributed by atoms with E-state index in [-0.39, 0.29) is 5.91 Å². The first-order valence-electron chi connectivity index (χ1n) is 8.18. The first-order chi connectivity index (χ1) is 12.4. The zero-order valence-electron chi connectivity index (χ0n) is 14.8. The molecule has 1 amide bonds. The summed E-state index contributed by atoms with van der Waals surface area (Å²) in [5.74, 6) is 0.226. The Kier molecular flexibility index (Phi) is 5.19. The highest BCUT2D eigenvalue weighted by Crippen LogP contribution is 2.24. The van der Waals surface area contributed by atoms with Crippen molar-refractivity contribution in [2.75, 3.05) is 10.6 Å². The molecular weight excluding hydrogens is 348 g/mol. The number of halogens is 1. The van der Waals surface area contributed by atoms with Crippen LogP contribution in [0, 0.1) is 20.8 Å². The fourth-order valence-corrected chi connectivity index (χ4v) is 2.78. The molecule has 1 aromatic heterocycles. The Morgan fingerprint density at radius 2 is 1.62 bits per heavy atom. The van der Waals surface area contributed by atoms with Crippen LogP contribution in [0.3, 0.4) is 0 Å². The number of aryl methyl sites for hydroxylation is 3. The summed E-state index contributed by atoms with van der Waals surface area (Å²) < 4.78 is 0. The molecule has 0 aliphatic heterocycles. The highest BCUT2D eigenvalue weighted by Gasteiger charge is 2.13. The summed E-state index contributed by atoms with van der Waals surface area (Å²) in [4.78, 5) is 21.5. The van der Waals surface area contributed by atoms with E-state index in [0.29, 0.717) is 27.9 Å². The second-order valence-electron chi connectivity index (χ2n) is 6.06. The van der Waals surface area contributed by atoms with Gasteiger partial charge in [-0.05, 0) is 56.7 Å². The van der Waals surface area contributed by atoms with E-state index >= 15 is 0 Å². The third-order valence-corrected chi connectivity index (χ3v) is 4.08. The van der Waals surface area contributed by atoms with Crippen LogP contribution < -0.4 is 10.6 Å². The van der Waals surface area contributed by atoms with Gasteiger partial charge >= 0.3 is 0 Å². The van der Waals surface area contributed by atoms with Gasteiger partial charge in [-0.15, -0.1) is 0 Å². The summed E-state index contributed by atoms with van der Waals surface area (Å²) >= 11 is 6.03. The van der Waals surface area contributed by atoms with E-state index in [9.17, 15) is 4.79 Å². The van der Waals surface area contributed by atoms with Crippen molar-refractivity contribution in [1.29, 1.82) is 0 Å². The SMILES string of the molecule is Cc1cc(C)nc(Nc2ccccc2C(=O)Nc2cc(Cl)ccc2C)n1. The molecule has 2 aromatic carbocycles. The van der Waals surface area contributed by atoms with E-state index in [1.54, 1.807) is 18.2 Å². The van der Waals surface area contributed by atoms with Crippen LogP contribution in [-0.4, -0.2) is 15.9 Å². The molecule has 0 spiro atoms. The van der Waals surface area contributed by atoms with Crippen molar-refractivity contribution in [2.45, 2.75) is 20.8 Å². The van der Waals surface area contributed by atoms with Crippen LogP contribution in [0.25, 0.3) is 0 Å². The van der Waals surface area contributed by atoms with Gasteiger partial charge in [0.15, 0.2) is 0 Å². The Morgan fingerprint density at radius 1 is 0.923 bits per heavy atom. The zero-order chi connectivity index (χ0) is 18.7. The fourth-order valence-electron chi connectivity index (χ4n) is 2.61. The predicted octanol–water partition coefficient (Wildman–Crippen LogP) is 5.05. The number of hydrogen-bond acceptors (Lipinski definition) is 4. The van der Waals surface area contributed by atoms with Gasteiger partial charge in [-0.3, -0.25) is 4.79 Å². The average molecular weight is 367 g/mol. The summed E-state index contributed by atoms with van der Waals surface area (Å²) in [5.41, 5.74) is 4.46. The minimum Gasteiger partial charge on any atom is -0.323 e. The molecule has 0 unspecified atom stereocenters. The predicted molar refractivity (Wildman–Crippen MR) is 105 cm³/mol. The number of anilines is 3. The van der Waals surface area contributed by atoms with E-state index in [4.69, 9.17) is 11.6 Å². The van der Waals surface area contributed by atoms with Crippen LogP contribution in [0.1, 0.15) is 27.3 Å². The van der Waals surface area contributed by atoms with Crippen LogP contribution in [0.15, 0.2) is 48.5 Å². The molecule has 6 heteroatoms. The zero-order valence-corrected chi connectivity index (χ0v) is 15.6. The Hall–Kier alpha value is -2.92. The highest BCUT2D eigenvalue weighted by atomic mass is 35.5. The first kappa shape index (κ1) is 17.9. The number of carbonyl (C=O) groups excluding carboxylic acids is 1. The minimum absolute atomic E-state index is 0.233. The van der Waals surface area contributed by atoms with Crippen LogP contribution in [-0.2, 0) is 0 Å². The van der Waals surface area contributed by atoms with Gasteiger partial charge in [0, 0.05) is 22.1 Å². The maximum Gasteiger partial charge on any atom is 0.257 e. The number of nitrogens with zero attached hydrogens (tertiary/aromatic N) is 2. The van der Waals surface area contributed by atoms with Gasteiger partial charge in [0.1, 0.15) is 0 Å². The molecule has 0 saturated heterocycles. The third kappa shape index (κ3) is 4.18. The maximum atomic E-state index is 12.8. The lowest BCUT2D eigenvalue weighted by Gasteiger charge is -2.13. The van der Waals surface area contributed by atoms with E-state index in [2.05, 4.69) is 20.6 Å². The average Bonchev–Trinajstić information content (AvgIpc) is 2.57. The summed E-state index contributed by atoms with van der Waals surface area (Å²) in [6, 6.07) is 14.5. The van der Waals surface area contributed by atoms with E-state index in [1.165, 1.54) is 0 Å². The molecule has 0 bridgehead atoms. The monoisotopic (exact) mass is 366 g/mol. The van der Waals surface area contributed by atoms with Gasteiger partial charge in [-0.2, -0.15) is 0 Å². The Labute approximate surface area is 157 Å². The molecule has 3 rings (SSSR count). The minimum atomic E-state index is -0.233. The number of carbonyl (C=O) groups is 1. The van der Waals surface area contributed by atoms with Crippen LogP contribution in [0.5, 0.6) is 0 Å².